The second-order valence-corrected chi connectivity index (χ2v) is 2.53. The van der Waals surface area contributed by atoms with Gasteiger partial charge < -0.3 is 9.47 Å². The molecular weight excluding hydrogens is 92.1 g/mol. The number of rotatable bonds is 0. The van der Waals surface area contributed by atoms with E-state index in [-0.39, 0.29) is 6.29 Å². The molecule has 0 aromatic carbocycles. The highest BCUT2D eigenvalue weighted by molar-refractivity contribution is 5.10. The quantitative estimate of drug-likeness (QED) is 0.428. The molecule has 0 N–H and O–H groups in total. The molecule has 0 amide bonds. The van der Waals surface area contributed by atoms with Gasteiger partial charge in [0.15, 0.2) is 6.29 Å². The van der Waals surface area contributed by atoms with Gasteiger partial charge in [-0.25, -0.2) is 0 Å². The van der Waals surface area contributed by atoms with E-state index >= 15 is 0 Å². The van der Waals surface area contributed by atoms with Gasteiger partial charge in [0.05, 0.1) is 12.2 Å². The summed E-state index contributed by atoms with van der Waals surface area (Å²) in [5.41, 5.74) is 0. The topological polar surface area (TPSA) is 18.5 Å². The average Bonchev–Trinajstić information content (AvgIpc) is 2.10. The third-order valence-corrected chi connectivity index (χ3v) is 2.11. The molecule has 7 heavy (non-hydrogen) atoms. The second kappa shape index (κ2) is 0.644. The van der Waals surface area contributed by atoms with Gasteiger partial charge in [-0.05, 0) is 0 Å². The summed E-state index contributed by atoms with van der Waals surface area (Å²) >= 11 is 0. The third kappa shape index (κ3) is 0.189. The fourth-order valence-electron chi connectivity index (χ4n) is 1.65. The molecule has 1 saturated carbocycles. The number of ether oxygens (including phenoxy) is 2. The van der Waals surface area contributed by atoms with Crippen LogP contribution >= 0.6 is 0 Å². The summed E-state index contributed by atoms with van der Waals surface area (Å²) in [5, 5.41) is 0. The number of hydrogen-bond acceptors (Lipinski definition) is 2. The van der Waals surface area contributed by atoms with Crippen molar-refractivity contribution in [3.63, 3.8) is 0 Å². The minimum absolute atomic E-state index is 0.208. The van der Waals surface area contributed by atoms with Crippen molar-refractivity contribution in [2.45, 2.75) is 24.9 Å². The van der Waals surface area contributed by atoms with Crippen LogP contribution in [0.15, 0.2) is 0 Å². The zero-order chi connectivity index (χ0) is 4.43. The summed E-state index contributed by atoms with van der Waals surface area (Å²) in [4.78, 5) is 0. The van der Waals surface area contributed by atoms with Gasteiger partial charge in [0.2, 0.25) is 0 Å². The third-order valence-electron chi connectivity index (χ3n) is 2.11. The van der Waals surface area contributed by atoms with Gasteiger partial charge in [-0.3, -0.25) is 0 Å². The lowest BCUT2D eigenvalue weighted by molar-refractivity contribution is -0.0354. The molecule has 3 aliphatic heterocycles. The highest BCUT2D eigenvalue weighted by atomic mass is 16.8. The van der Waals surface area contributed by atoms with E-state index in [1.165, 1.54) is 6.42 Å². The fourth-order valence-corrected chi connectivity index (χ4v) is 1.65. The van der Waals surface area contributed by atoms with E-state index in [4.69, 9.17) is 9.47 Å². The van der Waals surface area contributed by atoms with Gasteiger partial charge in [0.25, 0.3) is 0 Å². The first-order valence-electron chi connectivity index (χ1n) is 2.76. The predicted molar refractivity (Wildman–Crippen MR) is 21.6 cm³/mol. The first kappa shape index (κ1) is 3.05. The van der Waals surface area contributed by atoms with Crippen LogP contribution in [0.4, 0.5) is 0 Å². The Labute approximate surface area is 41.4 Å². The highest BCUT2D eigenvalue weighted by Gasteiger charge is 2.67. The van der Waals surface area contributed by atoms with Gasteiger partial charge in [-0.2, -0.15) is 0 Å². The Kier molecular flexibility index (Phi) is 0.280. The Hall–Kier alpha value is -0.0800. The van der Waals surface area contributed by atoms with Crippen molar-refractivity contribution in [3.8, 4) is 0 Å². The van der Waals surface area contributed by atoms with E-state index in [1.807, 2.05) is 0 Å². The minimum Gasteiger partial charge on any atom is -0.346 e. The lowest BCUT2D eigenvalue weighted by Gasteiger charge is -1.94. The summed E-state index contributed by atoms with van der Waals surface area (Å²) in [5.74, 6) is 0.810. The molecule has 0 spiro atoms. The van der Waals surface area contributed by atoms with Crippen LogP contribution < -0.4 is 0 Å². The van der Waals surface area contributed by atoms with E-state index in [2.05, 4.69) is 0 Å². The summed E-state index contributed by atoms with van der Waals surface area (Å²) in [6.07, 6.45) is 2.45. The molecule has 2 unspecified atom stereocenters. The molecule has 0 aromatic rings. The Balaban J connectivity index is 2.17. The molecule has 4 aliphatic rings. The first-order chi connectivity index (χ1) is 3.45. The zero-order valence-corrected chi connectivity index (χ0v) is 3.83. The van der Waals surface area contributed by atoms with Gasteiger partial charge in [-0.1, -0.05) is 0 Å². The maximum atomic E-state index is 5.29. The SMILES string of the molecule is C1C2OC3C1C3O2. The lowest BCUT2D eigenvalue weighted by Crippen LogP contribution is -1.97. The van der Waals surface area contributed by atoms with Gasteiger partial charge in [0.1, 0.15) is 0 Å². The Bertz CT molecular complexity index is 93.5. The molecule has 4 rings (SSSR count). The van der Waals surface area contributed by atoms with Crippen LogP contribution in [0, 0.1) is 5.92 Å². The van der Waals surface area contributed by atoms with Crippen molar-refractivity contribution >= 4 is 0 Å². The molecule has 2 atom stereocenters. The summed E-state index contributed by atoms with van der Waals surface area (Å²) < 4.78 is 10.6. The van der Waals surface area contributed by atoms with Crippen LogP contribution in [-0.4, -0.2) is 18.5 Å². The largest absolute Gasteiger partial charge is 0.346 e. The molecule has 2 heteroatoms. The Morgan fingerprint density at radius 3 is 2.00 bits per heavy atom. The number of hydrogen-bond donors (Lipinski definition) is 0. The van der Waals surface area contributed by atoms with E-state index in [1.54, 1.807) is 0 Å². The molecule has 0 aromatic heterocycles. The van der Waals surface area contributed by atoms with Crippen molar-refractivity contribution in [1.82, 2.24) is 0 Å². The van der Waals surface area contributed by atoms with E-state index in [0.29, 0.717) is 12.2 Å². The molecular formula is C5H6O2. The molecule has 2 nitrogen and oxygen atoms in total. The summed E-state index contributed by atoms with van der Waals surface area (Å²) in [6.45, 7) is 0. The average molecular weight is 98.1 g/mol. The Morgan fingerprint density at radius 2 is 1.86 bits per heavy atom. The first-order valence-corrected chi connectivity index (χ1v) is 2.76. The maximum absolute atomic E-state index is 5.29. The van der Waals surface area contributed by atoms with Gasteiger partial charge in [0, 0.05) is 12.3 Å². The van der Waals surface area contributed by atoms with Gasteiger partial charge >= 0.3 is 0 Å². The fraction of sp³-hybridized carbons (Fsp3) is 1.00. The minimum atomic E-state index is 0.208. The van der Waals surface area contributed by atoms with Crippen LogP contribution in [0.3, 0.4) is 0 Å². The predicted octanol–water partition coefficient (Wildman–Crippen LogP) is 0.130. The molecule has 3 saturated heterocycles. The summed E-state index contributed by atoms with van der Waals surface area (Å²) in [6, 6.07) is 0. The standard InChI is InChI=1S/C5H6O2/c1-2-4-5(2)7-3(1)6-4/h2-5H,1H2. The molecule has 3 heterocycles. The van der Waals surface area contributed by atoms with Crippen LogP contribution in [0.25, 0.3) is 0 Å². The molecule has 1 aliphatic carbocycles. The van der Waals surface area contributed by atoms with Crippen molar-refractivity contribution in [2.75, 3.05) is 0 Å². The molecule has 4 fully saturated rings. The van der Waals surface area contributed by atoms with Crippen LogP contribution in [0.5, 0.6) is 0 Å². The lowest BCUT2D eigenvalue weighted by atomic mass is 10.3. The molecule has 38 valence electrons. The monoisotopic (exact) mass is 98.0 g/mol. The highest BCUT2D eigenvalue weighted by Crippen LogP contribution is 2.56. The van der Waals surface area contributed by atoms with Crippen LogP contribution in [-0.2, 0) is 9.47 Å². The smallest absolute Gasteiger partial charge is 0.159 e. The molecule has 4 bridgehead atoms. The van der Waals surface area contributed by atoms with Crippen LogP contribution in [0.1, 0.15) is 6.42 Å². The molecule has 0 radical (unpaired) electrons. The van der Waals surface area contributed by atoms with E-state index in [0.717, 1.165) is 5.92 Å². The van der Waals surface area contributed by atoms with E-state index in [9.17, 15) is 0 Å². The zero-order valence-electron chi connectivity index (χ0n) is 3.83. The van der Waals surface area contributed by atoms with Crippen molar-refractivity contribution in [2.24, 2.45) is 5.92 Å². The Morgan fingerprint density at radius 1 is 1.14 bits per heavy atom. The van der Waals surface area contributed by atoms with Gasteiger partial charge in [-0.15, -0.1) is 0 Å². The summed E-state index contributed by atoms with van der Waals surface area (Å²) in [7, 11) is 0. The van der Waals surface area contributed by atoms with Crippen molar-refractivity contribution in [1.29, 1.82) is 0 Å². The van der Waals surface area contributed by atoms with Crippen molar-refractivity contribution in [3.05, 3.63) is 0 Å². The van der Waals surface area contributed by atoms with Crippen molar-refractivity contribution < 1.29 is 9.47 Å². The van der Waals surface area contributed by atoms with E-state index < -0.39 is 0 Å². The second-order valence-electron chi connectivity index (χ2n) is 2.53. The van der Waals surface area contributed by atoms with Crippen LogP contribution in [0.2, 0.25) is 0 Å². The normalized spacial score (nSPS) is 72.0. The maximum Gasteiger partial charge on any atom is 0.159 e.